The van der Waals surface area contributed by atoms with Gasteiger partial charge in [-0.15, -0.1) is 0 Å². The second kappa shape index (κ2) is 8.94. The molecular weight excluding hydrogens is 437 g/mol. The summed E-state index contributed by atoms with van der Waals surface area (Å²) in [4.78, 5) is 25.1. The Morgan fingerprint density at radius 2 is 1.94 bits per heavy atom. The van der Waals surface area contributed by atoms with Crippen molar-refractivity contribution >= 4 is 11.8 Å². The molecule has 2 amide bonds. The summed E-state index contributed by atoms with van der Waals surface area (Å²) in [6.07, 6.45) is -2.14. The van der Waals surface area contributed by atoms with E-state index in [2.05, 4.69) is 10.4 Å². The summed E-state index contributed by atoms with van der Waals surface area (Å²) in [6.45, 7) is -1.13. The van der Waals surface area contributed by atoms with Crippen molar-refractivity contribution in [3.05, 3.63) is 53.3 Å². The van der Waals surface area contributed by atoms with E-state index in [9.17, 15) is 31.5 Å². The van der Waals surface area contributed by atoms with Crippen LogP contribution in [0.25, 0.3) is 0 Å². The molecule has 0 bridgehead atoms. The highest BCUT2D eigenvalue weighted by molar-refractivity contribution is 5.96. The Labute approximate surface area is 179 Å². The van der Waals surface area contributed by atoms with Gasteiger partial charge in [0.2, 0.25) is 5.91 Å². The molecule has 1 fully saturated rings. The summed E-state index contributed by atoms with van der Waals surface area (Å²) in [5.41, 5.74) is 0.0287. The quantitative estimate of drug-likeness (QED) is 0.678. The second-order valence-corrected chi connectivity index (χ2v) is 7.35. The van der Waals surface area contributed by atoms with E-state index in [1.54, 1.807) is 6.07 Å². The monoisotopic (exact) mass is 455 g/mol. The van der Waals surface area contributed by atoms with Crippen LogP contribution in [0.15, 0.2) is 36.7 Å². The Kier molecular flexibility index (Phi) is 6.47. The van der Waals surface area contributed by atoms with Gasteiger partial charge in [0.05, 0.1) is 36.5 Å². The number of nitrogens with zero attached hydrogens (tertiary/aromatic N) is 4. The summed E-state index contributed by atoms with van der Waals surface area (Å²) < 4.78 is 66.1. The average Bonchev–Trinajstić information content (AvgIpc) is 3.33. The molecule has 1 aliphatic rings. The normalized spacial score (nSPS) is 17.8. The van der Waals surface area contributed by atoms with Gasteiger partial charge in [-0.3, -0.25) is 14.3 Å². The predicted molar refractivity (Wildman–Crippen MR) is 100 cm³/mol. The predicted octanol–water partition coefficient (Wildman–Crippen LogP) is 2.63. The first kappa shape index (κ1) is 23.2. The number of hydrogen-bond donors (Lipinski definition) is 1. The van der Waals surface area contributed by atoms with Crippen molar-refractivity contribution in [2.45, 2.75) is 37.5 Å². The van der Waals surface area contributed by atoms with E-state index < -0.39 is 55.0 Å². The third-order valence-corrected chi connectivity index (χ3v) is 4.95. The molecule has 3 rings (SSSR count). The number of halogens is 5. The van der Waals surface area contributed by atoms with Gasteiger partial charge in [0.15, 0.2) is 0 Å². The minimum Gasteiger partial charge on any atom is -0.343 e. The first-order valence-electron chi connectivity index (χ1n) is 9.52. The highest BCUT2D eigenvalue weighted by Gasteiger charge is 2.47. The van der Waals surface area contributed by atoms with Gasteiger partial charge in [0.25, 0.3) is 11.8 Å². The first-order valence-corrected chi connectivity index (χ1v) is 9.52. The van der Waals surface area contributed by atoms with Crippen molar-refractivity contribution in [2.75, 3.05) is 13.1 Å². The zero-order valence-electron chi connectivity index (χ0n) is 16.6. The molecule has 1 aliphatic heterocycles. The highest BCUT2D eigenvalue weighted by Crippen LogP contribution is 2.31. The van der Waals surface area contributed by atoms with Crippen LogP contribution >= 0.6 is 0 Å². The summed E-state index contributed by atoms with van der Waals surface area (Å²) in [5, 5.41) is 15.2. The minimum atomic E-state index is -4.41. The zero-order chi connectivity index (χ0) is 23.5. The number of benzene rings is 1. The van der Waals surface area contributed by atoms with E-state index in [1.165, 1.54) is 29.2 Å². The lowest BCUT2D eigenvalue weighted by Gasteiger charge is -2.19. The molecule has 2 aromatic rings. The number of alkyl halides is 5. The van der Waals surface area contributed by atoms with Crippen LogP contribution in [0, 0.1) is 11.3 Å². The molecule has 1 aromatic heterocycles. The topological polar surface area (TPSA) is 91.0 Å². The number of nitrogens with one attached hydrogen (secondary N) is 1. The smallest absolute Gasteiger partial charge is 0.343 e. The van der Waals surface area contributed by atoms with Gasteiger partial charge in [-0.25, -0.2) is 8.78 Å². The molecule has 1 N–H and O–H groups in total. The SMILES string of the molecule is N#C[C@@H]1CC(F)(F)CN1C(=O)CNC(=O)c1cnn(CCc2ccc(C(F)(F)F)cc2)c1. The van der Waals surface area contributed by atoms with Crippen molar-refractivity contribution in [1.29, 1.82) is 5.26 Å². The largest absolute Gasteiger partial charge is 0.416 e. The molecule has 170 valence electrons. The average molecular weight is 455 g/mol. The number of amides is 2. The second-order valence-electron chi connectivity index (χ2n) is 7.35. The van der Waals surface area contributed by atoms with Crippen LogP contribution in [-0.2, 0) is 23.9 Å². The Morgan fingerprint density at radius 1 is 1.25 bits per heavy atom. The van der Waals surface area contributed by atoms with Gasteiger partial charge in [-0.1, -0.05) is 12.1 Å². The minimum absolute atomic E-state index is 0.119. The standard InChI is InChI=1S/C20H18F5N5O2/c21-19(22)7-16(8-26)30(12-19)17(31)10-27-18(32)14-9-28-29(11-14)6-5-13-1-3-15(4-2-13)20(23,24)25/h1-4,9,11,16H,5-7,10,12H2,(H,27,32)/t16-/m0/s1. The van der Waals surface area contributed by atoms with E-state index in [4.69, 9.17) is 5.26 Å². The number of aryl methyl sites for hydroxylation is 2. The first-order chi connectivity index (χ1) is 15.0. The number of aromatic nitrogens is 2. The third-order valence-electron chi connectivity index (χ3n) is 4.95. The maximum Gasteiger partial charge on any atom is 0.416 e. The number of nitriles is 1. The summed E-state index contributed by atoms with van der Waals surface area (Å²) in [7, 11) is 0. The van der Waals surface area contributed by atoms with Crippen LogP contribution in [0.3, 0.4) is 0 Å². The molecule has 1 atom stereocenters. The summed E-state index contributed by atoms with van der Waals surface area (Å²) >= 11 is 0. The molecule has 7 nitrogen and oxygen atoms in total. The molecule has 0 radical (unpaired) electrons. The molecule has 1 saturated heterocycles. The van der Waals surface area contributed by atoms with Gasteiger partial charge in [-0.05, 0) is 24.1 Å². The number of likely N-dealkylation sites (tertiary alicyclic amines) is 1. The Morgan fingerprint density at radius 3 is 2.56 bits per heavy atom. The van der Waals surface area contributed by atoms with Gasteiger partial charge in [0.1, 0.15) is 6.04 Å². The molecular formula is C20H18F5N5O2. The highest BCUT2D eigenvalue weighted by atomic mass is 19.4. The summed E-state index contributed by atoms with van der Waals surface area (Å²) in [5.74, 6) is -4.59. The van der Waals surface area contributed by atoms with Crippen LogP contribution in [0.4, 0.5) is 22.0 Å². The fourth-order valence-electron chi connectivity index (χ4n) is 3.26. The van der Waals surface area contributed by atoms with Crippen molar-refractivity contribution in [3.63, 3.8) is 0 Å². The van der Waals surface area contributed by atoms with Gasteiger partial charge < -0.3 is 10.2 Å². The lowest BCUT2D eigenvalue weighted by atomic mass is 10.1. The number of carbonyl (C=O) groups is 2. The maximum atomic E-state index is 13.4. The fraction of sp³-hybridized carbons (Fsp3) is 0.400. The molecule has 12 heteroatoms. The Bertz CT molecular complexity index is 1030. The van der Waals surface area contributed by atoms with E-state index in [0.717, 1.165) is 17.0 Å². The van der Waals surface area contributed by atoms with E-state index in [0.29, 0.717) is 18.5 Å². The number of hydrogen-bond acceptors (Lipinski definition) is 4. The molecule has 0 aliphatic carbocycles. The third kappa shape index (κ3) is 5.60. The van der Waals surface area contributed by atoms with Crippen molar-refractivity contribution < 1.29 is 31.5 Å². The number of rotatable bonds is 6. The van der Waals surface area contributed by atoms with Crippen LogP contribution in [0.5, 0.6) is 0 Å². The summed E-state index contributed by atoms with van der Waals surface area (Å²) in [6, 6.07) is 5.11. The molecule has 1 aromatic carbocycles. The van der Waals surface area contributed by atoms with Gasteiger partial charge in [0, 0.05) is 19.2 Å². The Balaban J connectivity index is 1.50. The van der Waals surface area contributed by atoms with Crippen molar-refractivity contribution in [3.8, 4) is 6.07 Å². The molecule has 32 heavy (non-hydrogen) atoms. The van der Waals surface area contributed by atoms with Gasteiger partial charge >= 0.3 is 6.18 Å². The van der Waals surface area contributed by atoms with E-state index in [-0.39, 0.29) is 5.56 Å². The maximum absolute atomic E-state index is 13.4. The lowest BCUT2D eigenvalue weighted by molar-refractivity contribution is -0.137. The Hall–Kier alpha value is -3.49. The van der Waals surface area contributed by atoms with Crippen LogP contribution in [0.1, 0.15) is 27.9 Å². The van der Waals surface area contributed by atoms with E-state index in [1.807, 2.05) is 0 Å². The molecule has 0 saturated carbocycles. The van der Waals surface area contributed by atoms with Crippen molar-refractivity contribution in [2.24, 2.45) is 0 Å². The molecule has 2 heterocycles. The number of carbonyl (C=O) groups excluding carboxylic acids is 2. The molecule has 0 spiro atoms. The fourth-order valence-corrected chi connectivity index (χ4v) is 3.26. The van der Waals surface area contributed by atoms with Gasteiger partial charge in [-0.2, -0.15) is 23.5 Å². The molecule has 0 unspecified atom stereocenters. The van der Waals surface area contributed by atoms with Crippen molar-refractivity contribution in [1.82, 2.24) is 20.0 Å². The van der Waals surface area contributed by atoms with Crippen LogP contribution < -0.4 is 5.32 Å². The van der Waals surface area contributed by atoms with Crippen LogP contribution in [-0.4, -0.2) is 51.5 Å². The lowest BCUT2D eigenvalue weighted by Crippen LogP contribution is -2.42. The van der Waals surface area contributed by atoms with E-state index >= 15 is 0 Å². The van der Waals surface area contributed by atoms with Crippen LogP contribution in [0.2, 0.25) is 0 Å². The zero-order valence-corrected chi connectivity index (χ0v) is 16.6.